The molecule has 0 unspecified atom stereocenters. The number of fused-ring (bicyclic) bond motifs is 1. The maximum Gasteiger partial charge on any atom is 0.165 e. The molecule has 24 heavy (non-hydrogen) atoms. The summed E-state index contributed by atoms with van der Waals surface area (Å²) >= 11 is 0. The van der Waals surface area contributed by atoms with Gasteiger partial charge in [0.05, 0.1) is 7.11 Å². The molecule has 3 rings (SSSR count). The van der Waals surface area contributed by atoms with E-state index in [1.54, 1.807) is 12.1 Å². The first kappa shape index (κ1) is 16.7. The van der Waals surface area contributed by atoms with Crippen LogP contribution in [0.15, 0.2) is 30.3 Å². The number of allylic oxidation sites excluding steroid dienone is 1. The van der Waals surface area contributed by atoms with Crippen molar-refractivity contribution in [2.75, 3.05) is 7.11 Å². The molecule has 0 aliphatic heterocycles. The maximum atomic E-state index is 14.5. The first-order valence-electron chi connectivity index (χ1n) is 8.48. The molecule has 0 heterocycles. The summed E-state index contributed by atoms with van der Waals surface area (Å²) in [5.41, 5.74) is 4.43. The summed E-state index contributed by atoms with van der Waals surface area (Å²) < 4.78 is 33.5. The third-order valence-corrected chi connectivity index (χ3v) is 4.61. The SMILES string of the molecule is CCCCc1ccc(C2=Cc3cc(F)c(OC)cc3CC2)c(F)c1. The summed E-state index contributed by atoms with van der Waals surface area (Å²) in [6.45, 7) is 2.13. The third-order valence-electron chi connectivity index (χ3n) is 4.61. The Morgan fingerprint density at radius 3 is 2.58 bits per heavy atom. The van der Waals surface area contributed by atoms with Crippen LogP contribution in [0.4, 0.5) is 8.78 Å². The van der Waals surface area contributed by atoms with Crippen molar-refractivity contribution in [1.82, 2.24) is 0 Å². The highest BCUT2D eigenvalue weighted by molar-refractivity contribution is 5.84. The Morgan fingerprint density at radius 1 is 1.04 bits per heavy atom. The number of hydrogen-bond acceptors (Lipinski definition) is 1. The van der Waals surface area contributed by atoms with Gasteiger partial charge < -0.3 is 4.74 Å². The second-order valence-corrected chi connectivity index (χ2v) is 6.27. The molecule has 0 radical (unpaired) electrons. The highest BCUT2D eigenvalue weighted by Crippen LogP contribution is 2.34. The molecule has 3 heteroatoms. The molecular weight excluding hydrogens is 306 g/mol. The lowest BCUT2D eigenvalue weighted by atomic mass is 9.88. The Labute approximate surface area is 142 Å². The lowest BCUT2D eigenvalue weighted by molar-refractivity contribution is 0.386. The van der Waals surface area contributed by atoms with Gasteiger partial charge in [0.1, 0.15) is 5.82 Å². The molecule has 0 saturated heterocycles. The van der Waals surface area contributed by atoms with Gasteiger partial charge in [-0.2, -0.15) is 0 Å². The fraction of sp³-hybridized carbons (Fsp3) is 0.333. The summed E-state index contributed by atoms with van der Waals surface area (Å²) in [4.78, 5) is 0. The van der Waals surface area contributed by atoms with E-state index in [1.807, 2.05) is 18.2 Å². The number of methoxy groups -OCH3 is 1. The molecule has 0 spiro atoms. The predicted molar refractivity (Wildman–Crippen MR) is 94.2 cm³/mol. The number of aryl methyl sites for hydroxylation is 2. The van der Waals surface area contributed by atoms with Crippen molar-refractivity contribution < 1.29 is 13.5 Å². The molecule has 0 N–H and O–H groups in total. The zero-order chi connectivity index (χ0) is 17.1. The van der Waals surface area contributed by atoms with E-state index >= 15 is 0 Å². The van der Waals surface area contributed by atoms with Crippen molar-refractivity contribution in [3.63, 3.8) is 0 Å². The van der Waals surface area contributed by atoms with Crippen LogP contribution < -0.4 is 4.74 Å². The predicted octanol–water partition coefficient (Wildman–Crippen LogP) is 5.80. The fourth-order valence-corrected chi connectivity index (χ4v) is 3.22. The van der Waals surface area contributed by atoms with Crippen molar-refractivity contribution >= 4 is 11.6 Å². The minimum absolute atomic E-state index is 0.188. The molecule has 0 amide bonds. The second-order valence-electron chi connectivity index (χ2n) is 6.27. The van der Waals surface area contributed by atoms with E-state index in [-0.39, 0.29) is 17.4 Å². The van der Waals surface area contributed by atoms with Gasteiger partial charge >= 0.3 is 0 Å². The van der Waals surface area contributed by atoms with Gasteiger partial charge in [0.15, 0.2) is 11.6 Å². The van der Waals surface area contributed by atoms with Crippen molar-refractivity contribution in [1.29, 1.82) is 0 Å². The largest absolute Gasteiger partial charge is 0.494 e. The molecule has 0 atom stereocenters. The monoisotopic (exact) mass is 328 g/mol. The van der Waals surface area contributed by atoms with Gasteiger partial charge in [-0.05, 0) is 66.1 Å². The van der Waals surface area contributed by atoms with Crippen molar-refractivity contribution in [2.45, 2.75) is 39.0 Å². The summed E-state index contributed by atoms with van der Waals surface area (Å²) in [7, 11) is 1.46. The quantitative estimate of drug-likeness (QED) is 0.673. The molecule has 126 valence electrons. The number of rotatable bonds is 5. The minimum atomic E-state index is -0.385. The summed E-state index contributed by atoms with van der Waals surface area (Å²) in [5.74, 6) is -0.312. The van der Waals surface area contributed by atoms with Crippen LogP contribution in [0.3, 0.4) is 0 Å². The molecule has 2 aromatic carbocycles. The highest BCUT2D eigenvalue weighted by atomic mass is 19.1. The number of ether oxygens (including phenoxy) is 1. The van der Waals surface area contributed by atoms with Gasteiger partial charge in [0, 0.05) is 5.56 Å². The van der Waals surface area contributed by atoms with Crippen LogP contribution in [-0.2, 0) is 12.8 Å². The van der Waals surface area contributed by atoms with Crippen molar-refractivity contribution in [3.8, 4) is 5.75 Å². The van der Waals surface area contributed by atoms with Crippen LogP contribution in [0.25, 0.3) is 11.6 Å². The molecular formula is C21H22F2O. The maximum absolute atomic E-state index is 14.5. The summed E-state index contributed by atoms with van der Waals surface area (Å²) in [6, 6.07) is 8.70. The number of unbranched alkanes of at least 4 members (excludes halogenated alkanes) is 1. The fourth-order valence-electron chi connectivity index (χ4n) is 3.22. The normalized spacial score (nSPS) is 13.4. The lowest BCUT2D eigenvalue weighted by Gasteiger charge is -2.19. The van der Waals surface area contributed by atoms with E-state index in [2.05, 4.69) is 6.92 Å². The molecule has 0 fully saturated rings. The molecule has 0 saturated carbocycles. The zero-order valence-corrected chi connectivity index (χ0v) is 14.2. The van der Waals surface area contributed by atoms with Gasteiger partial charge in [-0.15, -0.1) is 0 Å². The van der Waals surface area contributed by atoms with E-state index in [1.165, 1.54) is 13.2 Å². The van der Waals surface area contributed by atoms with Gasteiger partial charge in [-0.25, -0.2) is 8.78 Å². The first-order valence-corrected chi connectivity index (χ1v) is 8.48. The standard InChI is InChI=1S/C21H22F2O/c1-3-4-5-14-6-9-18(19(22)10-14)16-8-7-15-13-21(24-2)20(23)12-17(15)11-16/h6,9-13H,3-5,7-8H2,1-2H3. The molecule has 2 aromatic rings. The van der Waals surface area contributed by atoms with Gasteiger partial charge in [0.25, 0.3) is 0 Å². The molecule has 1 aliphatic rings. The average molecular weight is 328 g/mol. The average Bonchev–Trinajstić information content (AvgIpc) is 2.59. The number of benzene rings is 2. The van der Waals surface area contributed by atoms with E-state index in [0.29, 0.717) is 5.56 Å². The van der Waals surface area contributed by atoms with E-state index in [4.69, 9.17) is 4.74 Å². The minimum Gasteiger partial charge on any atom is -0.494 e. The van der Waals surface area contributed by atoms with Crippen LogP contribution >= 0.6 is 0 Å². The Hall–Kier alpha value is -2.16. The molecule has 0 aromatic heterocycles. The van der Waals surface area contributed by atoms with Crippen LogP contribution in [0.2, 0.25) is 0 Å². The van der Waals surface area contributed by atoms with E-state index in [9.17, 15) is 8.78 Å². The number of halogens is 2. The molecule has 1 nitrogen and oxygen atoms in total. The van der Waals surface area contributed by atoms with Gasteiger partial charge in [-0.1, -0.05) is 31.6 Å². The van der Waals surface area contributed by atoms with Crippen LogP contribution in [-0.4, -0.2) is 7.11 Å². The highest BCUT2D eigenvalue weighted by Gasteiger charge is 2.17. The second kappa shape index (κ2) is 7.16. The first-order chi connectivity index (χ1) is 11.6. The van der Waals surface area contributed by atoms with Crippen LogP contribution in [0.5, 0.6) is 5.75 Å². The zero-order valence-electron chi connectivity index (χ0n) is 14.2. The third kappa shape index (κ3) is 3.35. The Bertz CT molecular complexity index is 778. The van der Waals surface area contributed by atoms with Gasteiger partial charge in [0.2, 0.25) is 0 Å². The van der Waals surface area contributed by atoms with Crippen LogP contribution in [0, 0.1) is 11.6 Å². The Kier molecular flexibility index (Phi) is 4.98. The summed E-state index contributed by atoms with van der Waals surface area (Å²) in [5, 5.41) is 0. The Balaban J connectivity index is 1.92. The summed E-state index contributed by atoms with van der Waals surface area (Å²) in [6.07, 6.45) is 6.46. The topological polar surface area (TPSA) is 9.23 Å². The smallest absolute Gasteiger partial charge is 0.165 e. The van der Waals surface area contributed by atoms with Crippen molar-refractivity contribution in [2.24, 2.45) is 0 Å². The molecule has 0 bridgehead atoms. The van der Waals surface area contributed by atoms with E-state index < -0.39 is 0 Å². The van der Waals surface area contributed by atoms with Gasteiger partial charge in [-0.3, -0.25) is 0 Å². The van der Waals surface area contributed by atoms with Crippen molar-refractivity contribution in [3.05, 3.63) is 64.2 Å². The number of hydrogen-bond donors (Lipinski definition) is 0. The molecule has 1 aliphatic carbocycles. The lowest BCUT2D eigenvalue weighted by Crippen LogP contribution is -2.03. The van der Waals surface area contributed by atoms with E-state index in [0.717, 1.165) is 54.4 Å². The Morgan fingerprint density at radius 2 is 1.88 bits per heavy atom. The van der Waals surface area contributed by atoms with Crippen LogP contribution in [0.1, 0.15) is 48.4 Å².